The average Bonchev–Trinajstić information content (AvgIpc) is 0.755. The molecule has 26 N–H and O–H groups in total. The topological polar surface area (TPSA) is 678 Å². The Bertz CT molecular complexity index is 5780. The molecule has 2 unspecified atom stereocenters. The molecule has 7 aromatic rings. The maximum absolute atomic E-state index is 16.6. The molecule has 8 aliphatic heterocycles. The van der Waals surface area contributed by atoms with E-state index >= 15 is 24.0 Å². The van der Waals surface area contributed by atoms with Crippen molar-refractivity contribution in [3.8, 4) is 62.9 Å². The first-order chi connectivity index (χ1) is 65.3. The smallest absolute Gasteiger partial charge is 0.508 e. The molecule has 0 spiro atoms. The van der Waals surface area contributed by atoms with E-state index in [1.807, 2.05) is 0 Å². The van der Waals surface area contributed by atoms with Gasteiger partial charge in [-0.05, 0) is 146 Å². The van der Waals surface area contributed by atoms with Crippen LogP contribution in [0.5, 0.6) is 51.7 Å². The van der Waals surface area contributed by atoms with E-state index in [1.54, 1.807) is 20.8 Å². The largest absolute Gasteiger partial charge is 0.573 e. The molecule has 3 fully saturated rings. The Morgan fingerprint density at radius 2 is 1.33 bits per heavy atom. The summed E-state index contributed by atoms with van der Waals surface area (Å²) in [5, 5.41) is 152. The summed E-state index contributed by atoms with van der Waals surface area (Å²) in [6.45, 7) is 6.34. The lowest BCUT2D eigenvalue weighted by Gasteiger charge is -2.46. The number of nitrogens with one attached hydrogen (secondary N) is 11. The quantitative estimate of drug-likeness (QED) is 0.0267. The van der Waals surface area contributed by atoms with Crippen LogP contribution >= 0.6 is 23.2 Å². The normalized spacial score (nSPS) is 27.9. The number of alkyl halides is 3. The molecule has 1 aromatic heterocycles. The van der Waals surface area contributed by atoms with Crippen molar-refractivity contribution in [3.05, 3.63) is 169 Å². The third-order valence-corrected chi connectivity index (χ3v) is 24.0. The molecule has 9 heterocycles. The molecular formula is C89H106Cl2F3N15O30. The van der Waals surface area contributed by atoms with E-state index in [1.165, 1.54) is 45.3 Å². The number of nitrogens with two attached hydrogens (primary N) is 2. The Hall–Kier alpha value is -12.3. The molecule has 15 rings (SSSR count). The van der Waals surface area contributed by atoms with Gasteiger partial charge >= 0.3 is 12.1 Å². The zero-order valence-electron chi connectivity index (χ0n) is 74.0. The highest BCUT2D eigenvalue weighted by Crippen LogP contribution is 2.51. The predicted octanol–water partition coefficient (Wildman–Crippen LogP) is 0.128. The molecule has 0 radical (unpaired) electrons. The van der Waals surface area contributed by atoms with Crippen LogP contribution in [-0.4, -0.2) is 268 Å². The Morgan fingerprint density at radius 1 is 0.698 bits per heavy atom. The number of nitrogens with zero attached hydrogens (tertiary/aromatic N) is 2. The summed E-state index contributed by atoms with van der Waals surface area (Å²) in [4.78, 5) is 152. The highest BCUT2D eigenvalue weighted by molar-refractivity contribution is 6.32. The van der Waals surface area contributed by atoms with Crippen LogP contribution in [0.2, 0.25) is 10.0 Å². The van der Waals surface area contributed by atoms with E-state index in [2.05, 4.69) is 68.4 Å². The van der Waals surface area contributed by atoms with Gasteiger partial charge in [0.2, 0.25) is 53.4 Å². The van der Waals surface area contributed by atoms with Crippen LogP contribution in [0.25, 0.3) is 11.1 Å². The second-order valence-electron chi connectivity index (χ2n) is 34.0. The fourth-order valence-corrected chi connectivity index (χ4v) is 16.8. The van der Waals surface area contributed by atoms with Crippen LogP contribution in [0.3, 0.4) is 0 Å². The van der Waals surface area contributed by atoms with Gasteiger partial charge in [-0.1, -0.05) is 69.6 Å². The molecule has 23 atom stereocenters. The highest BCUT2D eigenvalue weighted by atomic mass is 35.5. The first kappa shape index (κ1) is 106. The van der Waals surface area contributed by atoms with E-state index in [-0.39, 0.29) is 80.4 Å². The van der Waals surface area contributed by atoms with Crippen LogP contribution in [0, 0.1) is 5.92 Å². The number of carbonyl (C=O) groups excluding carboxylic acids is 9. The molecule has 8 aliphatic rings. The number of fused-ring (bicyclic) bond motifs is 15. The molecule has 11 bridgehead atoms. The number of likely N-dealkylation sites (N-methyl/N-ethyl adjacent to an activating group) is 1. The van der Waals surface area contributed by atoms with Gasteiger partial charge in [-0.25, -0.2) is 10.2 Å². The van der Waals surface area contributed by atoms with Crippen LogP contribution in [0.15, 0.2) is 120 Å². The lowest BCUT2D eigenvalue weighted by molar-refractivity contribution is -0.350. The van der Waals surface area contributed by atoms with Crippen molar-refractivity contribution < 1.29 is 155 Å². The number of phenols is 3. The molecule has 9 amide bonds. The first-order valence-corrected chi connectivity index (χ1v) is 43.9. The maximum atomic E-state index is 16.6. The summed E-state index contributed by atoms with van der Waals surface area (Å²) in [5.41, 5.74) is 12.4. The molecule has 139 heavy (non-hydrogen) atoms. The highest BCUT2D eigenvalue weighted by Gasteiger charge is 2.54. The van der Waals surface area contributed by atoms with Crippen molar-refractivity contribution in [2.75, 3.05) is 38.6 Å². The number of rotatable bonds is 25. The third-order valence-electron chi connectivity index (χ3n) is 23.4. The van der Waals surface area contributed by atoms with Crippen molar-refractivity contribution in [1.29, 1.82) is 0 Å². The monoisotopic (exact) mass is 1990 g/mol. The SMILES string of the molecule is C.CCNNC(=O)[C@@H]1NC(=O)[C@H]2NC(=O)[C@H](NC(=O)[C@@H]3NC(=O)[C@H](CC(N)=O)NC(=O)C(NC(=O)[C@@H](CC(C)C)NC)[C@H](O)c4ccc(c(Cl)c4)Oc4cc3cc(c4O[C@@H]3O[C@H](CO)[C@@H](O[C@@H]4O[C@H](CNCCn5ccc(NC(=O)c6ccc(OC(F)(F)F)cc6)nc5=O)[C@H](O)[C@H](O)[C@H]4O)[C@H](O)[C@H]3O)Oc3ccc(cc3Cl)[C@H]2OC2C[C@](C)(N)[C@@H](O)[C@H](C)O2)c2ccc(O)c(c2)-c2c(O)cc(O)cc21. The van der Waals surface area contributed by atoms with Gasteiger partial charge in [-0.3, -0.25) is 53.1 Å². The number of aromatic hydroxyl groups is 3. The van der Waals surface area contributed by atoms with Crippen LogP contribution < -0.4 is 94.8 Å². The van der Waals surface area contributed by atoms with Gasteiger partial charge in [-0.2, -0.15) is 4.98 Å². The fourth-order valence-electron chi connectivity index (χ4n) is 16.4. The van der Waals surface area contributed by atoms with E-state index in [0.717, 1.165) is 95.6 Å². The van der Waals surface area contributed by atoms with Crippen LogP contribution in [0.1, 0.15) is 130 Å². The zero-order valence-corrected chi connectivity index (χ0v) is 75.5. The number of aliphatic hydroxyl groups excluding tert-OH is 8. The van der Waals surface area contributed by atoms with E-state index in [0.29, 0.717) is 0 Å². The Morgan fingerprint density at radius 3 is 1.96 bits per heavy atom. The van der Waals surface area contributed by atoms with Crippen LogP contribution in [-0.2, 0) is 68.6 Å². The number of amides is 9. The van der Waals surface area contributed by atoms with Crippen molar-refractivity contribution >= 4 is 82.2 Å². The number of anilines is 1. The summed E-state index contributed by atoms with van der Waals surface area (Å²) in [6.07, 6.45) is -34.1. The van der Waals surface area contributed by atoms with Crippen molar-refractivity contribution in [2.24, 2.45) is 17.4 Å². The standard InChI is InChI=1S/C88H102Cl2F3N15O30.CH4/c1-7-98-107-83(128)63-44-28-41(110)29-50(112)60(44)43-23-37(10-15-49(43)111)61-79(124)106-65(82(127)104-63)72(135-59-31-87(5,95)75(120)35(4)130-59)39-12-17-52(46(90)25-39)132-54-27-40-26-53(131-51-16-11-38(24-45(51)89)66(114)64(105-77(122)47(96-6)22-34(2)3)81(126)99-48(30-57(94)113)78(123)102-62(40)80(125)103-61)73(54)136-85-71(119)69(117)74(56(33-109)134-85)137-84-70(118)68(116)67(115)55(133-84)32-97-19-21-108-20-18-58(101-86(108)129)100-76(121)36-8-13-42(14-9-36)138-88(91,92)93;/h8-18,20,23-29,34-35,47-48,55-56,59,61-72,74-75,84-85,96-98,109-112,114-120H,7,19,21-22,30-33,95H2,1-6H3,(H2,94,113)(H,99,126)(H,102,123)(H,103,125)(H,104,127)(H,105,122)(H,106,124)(H,107,128)(H,100,101,121,129);1H4/t35-,47+,48-,55+,56+,59?,61+,62+,63+,64?,65-,66+,67-,68-,69+,70+,71+,72+,74+,75-,84-,85-,87-;/m0./s1. The number of aromatic nitrogens is 2. The zero-order chi connectivity index (χ0) is 100. The molecule has 0 aliphatic carbocycles. The Labute approximate surface area is 798 Å². The van der Waals surface area contributed by atoms with Crippen LogP contribution in [0.4, 0.5) is 19.0 Å². The number of carbonyl (C=O) groups is 9. The minimum atomic E-state index is -4.99. The van der Waals surface area contributed by atoms with Crippen molar-refractivity contribution in [3.63, 3.8) is 0 Å². The van der Waals surface area contributed by atoms with E-state index < -0.39 is 302 Å². The predicted molar refractivity (Wildman–Crippen MR) is 478 cm³/mol. The summed E-state index contributed by atoms with van der Waals surface area (Å²) in [5.74, 6) is -17.6. The molecule has 0 saturated carbocycles. The number of hydrazine groups is 1. The second kappa shape index (κ2) is 44.5. The summed E-state index contributed by atoms with van der Waals surface area (Å²) >= 11 is 14.6. The molecule has 3 saturated heterocycles. The van der Waals surface area contributed by atoms with E-state index in [4.69, 9.17) is 72.6 Å². The second-order valence-corrected chi connectivity index (χ2v) is 34.9. The lowest BCUT2D eigenvalue weighted by Crippen LogP contribution is -2.65. The van der Waals surface area contributed by atoms with Crippen molar-refractivity contribution in [2.45, 2.75) is 214 Å². The summed E-state index contributed by atoms with van der Waals surface area (Å²) < 4.78 is 94.3. The van der Waals surface area contributed by atoms with Gasteiger partial charge in [0.15, 0.2) is 24.1 Å². The summed E-state index contributed by atoms with van der Waals surface area (Å²) in [6, 6.07) is 4.43. The van der Waals surface area contributed by atoms with Gasteiger partial charge in [0.1, 0.15) is 138 Å². The Kier molecular flexibility index (Phi) is 33.8. The van der Waals surface area contributed by atoms with E-state index in [9.17, 15) is 93.3 Å². The molecule has 752 valence electrons. The minimum absolute atomic E-state index is 0. The van der Waals surface area contributed by atoms with Gasteiger partial charge in [0, 0.05) is 67.1 Å². The molecular weight excluding hydrogens is 1890 g/mol. The number of halogens is 5. The number of primary amides is 1. The van der Waals surface area contributed by atoms with Crippen molar-refractivity contribution in [1.82, 2.24) is 62.9 Å². The summed E-state index contributed by atoms with van der Waals surface area (Å²) in [7, 11) is 1.45. The number of benzene rings is 6. The first-order valence-electron chi connectivity index (χ1n) is 43.2. The Balaban J connectivity index is 0.0000173. The molecule has 45 nitrogen and oxygen atoms in total. The van der Waals surface area contributed by atoms with Gasteiger partial charge in [0.05, 0.1) is 41.3 Å². The fraction of sp³-hybridized carbons (Fsp3) is 0.449. The number of aliphatic hydroxyl groups is 8. The average molecular weight is 1990 g/mol. The van der Waals surface area contributed by atoms with Gasteiger partial charge in [-0.15, -0.1) is 13.2 Å². The molecule has 6 aromatic carbocycles. The third kappa shape index (κ3) is 24.4. The number of hydrogen-bond acceptors (Lipinski definition) is 35. The maximum Gasteiger partial charge on any atom is 0.573 e. The number of ether oxygens (including phenoxy) is 9. The number of phenolic OH excluding ortho intramolecular Hbond substituents is 3. The number of hydrogen-bond donors (Lipinski definition) is 24. The minimum Gasteiger partial charge on any atom is -0.508 e. The lowest BCUT2D eigenvalue weighted by atomic mass is 9.86. The van der Waals surface area contributed by atoms with Gasteiger partial charge < -0.3 is 158 Å². The van der Waals surface area contributed by atoms with Gasteiger partial charge in [0.25, 0.3) is 11.8 Å². The molecule has 50 heteroatoms.